The summed E-state index contributed by atoms with van der Waals surface area (Å²) in [5.41, 5.74) is 2.21. The molecule has 0 unspecified atom stereocenters. The fourth-order valence-corrected chi connectivity index (χ4v) is 3.97. The van der Waals surface area contributed by atoms with Crippen LogP contribution in [0.4, 0.5) is 4.39 Å². The summed E-state index contributed by atoms with van der Waals surface area (Å²) < 4.78 is 30.4. The van der Waals surface area contributed by atoms with Crippen molar-refractivity contribution in [2.24, 2.45) is 0 Å². The molecule has 0 N–H and O–H groups in total. The van der Waals surface area contributed by atoms with Gasteiger partial charge in [0.05, 0.1) is 18.7 Å². The number of hydrogen-bond acceptors (Lipinski definition) is 6. The minimum absolute atomic E-state index is 0.0000345. The predicted molar refractivity (Wildman–Crippen MR) is 136 cm³/mol. The number of carbonyl (C=O) groups excluding carboxylic acids is 2. The predicted octanol–water partition coefficient (Wildman–Crippen LogP) is 6.59. The van der Waals surface area contributed by atoms with E-state index in [1.54, 1.807) is 24.3 Å². The second kappa shape index (κ2) is 11.4. The zero-order valence-corrected chi connectivity index (χ0v) is 20.7. The van der Waals surface area contributed by atoms with Crippen LogP contribution in [0.3, 0.4) is 0 Å². The summed E-state index contributed by atoms with van der Waals surface area (Å²) in [5, 5.41) is -0.0572. The Morgan fingerprint density at radius 3 is 2.64 bits per heavy atom. The Morgan fingerprint density at radius 1 is 1.08 bits per heavy atom. The molecule has 36 heavy (non-hydrogen) atoms. The normalized spacial score (nSPS) is 12.0. The van der Waals surface area contributed by atoms with Gasteiger partial charge in [0.15, 0.2) is 28.8 Å². The van der Waals surface area contributed by atoms with E-state index in [0.717, 1.165) is 6.42 Å². The molecule has 0 bridgehead atoms. The molecule has 2 aromatic carbocycles. The molecule has 0 radical (unpaired) electrons. The zero-order valence-electron chi connectivity index (χ0n) is 20.0. The van der Waals surface area contributed by atoms with E-state index in [1.165, 1.54) is 25.3 Å². The Labute approximate surface area is 213 Å². The maximum atomic E-state index is 13.7. The smallest absolute Gasteiger partial charge is 0.181 e. The molecule has 2 heterocycles. The number of ketones is 2. The Kier molecular flexibility index (Phi) is 8.00. The van der Waals surface area contributed by atoms with Crippen LogP contribution in [0.2, 0.25) is 5.02 Å². The number of nitrogens with zero attached hydrogens (tertiary/aromatic N) is 1. The van der Waals surface area contributed by atoms with Crippen molar-refractivity contribution < 1.29 is 28.2 Å². The van der Waals surface area contributed by atoms with Crippen LogP contribution in [0.25, 0.3) is 17.3 Å². The number of aromatic nitrogens is 1. The average Bonchev–Trinajstić information content (AvgIpc) is 2.91. The topological polar surface area (TPSA) is 74.7 Å². The second-order valence-electron chi connectivity index (χ2n) is 8.18. The summed E-state index contributed by atoms with van der Waals surface area (Å²) in [6, 6.07) is 10.8. The maximum Gasteiger partial charge on any atom is 0.181 e. The molecule has 0 saturated heterocycles. The molecule has 0 aliphatic carbocycles. The largest absolute Gasteiger partial charge is 0.493 e. The van der Waals surface area contributed by atoms with Gasteiger partial charge in [0.2, 0.25) is 0 Å². The number of pyridine rings is 1. The molecule has 186 valence electrons. The second-order valence-corrected chi connectivity index (χ2v) is 8.58. The van der Waals surface area contributed by atoms with E-state index in [4.69, 9.17) is 25.8 Å². The minimum Gasteiger partial charge on any atom is -0.493 e. The molecule has 0 spiro atoms. The monoisotopic (exact) mass is 509 g/mol. The number of halogens is 2. The SMILES string of the molecule is CCCOc1ccc(C(=O)CCC(=O)c2cc3c(c(-c4ccc(F)c(Cl)c4)n2)OCC=C3)cc1OC. The molecule has 0 saturated carbocycles. The van der Waals surface area contributed by atoms with Crippen LogP contribution in [0.1, 0.15) is 52.6 Å². The highest BCUT2D eigenvalue weighted by Gasteiger charge is 2.21. The van der Waals surface area contributed by atoms with Gasteiger partial charge in [-0.05, 0) is 55.0 Å². The summed E-state index contributed by atoms with van der Waals surface area (Å²) in [6.07, 6.45) is 4.48. The summed E-state index contributed by atoms with van der Waals surface area (Å²) in [7, 11) is 1.51. The number of methoxy groups -OCH3 is 1. The van der Waals surface area contributed by atoms with Gasteiger partial charge >= 0.3 is 0 Å². The van der Waals surface area contributed by atoms with E-state index in [1.807, 2.05) is 19.1 Å². The van der Waals surface area contributed by atoms with Crippen LogP contribution in [0, 0.1) is 5.82 Å². The lowest BCUT2D eigenvalue weighted by Gasteiger charge is -2.17. The number of rotatable bonds is 10. The lowest BCUT2D eigenvalue weighted by atomic mass is 10.0. The van der Waals surface area contributed by atoms with Crippen molar-refractivity contribution in [3.63, 3.8) is 0 Å². The van der Waals surface area contributed by atoms with Gasteiger partial charge in [0.25, 0.3) is 0 Å². The number of fused-ring (bicyclic) bond motifs is 1. The van der Waals surface area contributed by atoms with Crippen molar-refractivity contribution in [3.8, 4) is 28.5 Å². The van der Waals surface area contributed by atoms with E-state index in [0.29, 0.717) is 52.8 Å². The Bertz CT molecular complexity index is 1340. The third kappa shape index (κ3) is 5.57. The number of ether oxygens (including phenoxy) is 3. The molecule has 1 aliphatic rings. The van der Waals surface area contributed by atoms with Gasteiger partial charge in [-0.15, -0.1) is 0 Å². The molecule has 1 aromatic heterocycles. The number of benzene rings is 2. The highest BCUT2D eigenvalue weighted by molar-refractivity contribution is 6.31. The lowest BCUT2D eigenvalue weighted by Crippen LogP contribution is -2.11. The standard InChI is InChI=1S/C28H25ClFNO5/c1-3-12-35-25-11-7-17(16-26(25)34-2)23(32)9-10-24(33)22-15-19-5-4-13-36-28(19)27(31-22)18-6-8-21(30)20(29)14-18/h4-8,11,14-16H,3,9-10,12-13H2,1-2H3. The maximum absolute atomic E-state index is 13.7. The highest BCUT2D eigenvalue weighted by Crippen LogP contribution is 2.36. The molecule has 8 heteroatoms. The van der Waals surface area contributed by atoms with Gasteiger partial charge in [-0.1, -0.05) is 24.6 Å². The summed E-state index contributed by atoms with van der Waals surface area (Å²) in [4.78, 5) is 30.4. The van der Waals surface area contributed by atoms with E-state index >= 15 is 0 Å². The quantitative estimate of drug-likeness (QED) is 0.287. The van der Waals surface area contributed by atoms with E-state index in [2.05, 4.69) is 4.98 Å². The Balaban J connectivity index is 1.54. The number of Topliss-reactive ketones (excluding diaryl/α,β-unsaturated/α-hetero) is 2. The first kappa shape index (κ1) is 25.4. The molecule has 1 aliphatic heterocycles. The number of carbonyl (C=O) groups is 2. The summed E-state index contributed by atoms with van der Waals surface area (Å²) in [6.45, 7) is 2.89. The molecule has 0 atom stereocenters. The van der Waals surface area contributed by atoms with Crippen LogP contribution in [0.15, 0.2) is 48.5 Å². The first-order valence-corrected chi connectivity index (χ1v) is 12.0. The van der Waals surface area contributed by atoms with Gasteiger partial charge in [0.1, 0.15) is 23.8 Å². The third-order valence-electron chi connectivity index (χ3n) is 5.63. The Hall–Kier alpha value is -3.71. The summed E-state index contributed by atoms with van der Waals surface area (Å²) in [5.74, 6) is 0.470. The lowest BCUT2D eigenvalue weighted by molar-refractivity contribution is 0.0914. The highest BCUT2D eigenvalue weighted by atomic mass is 35.5. The van der Waals surface area contributed by atoms with Crippen molar-refractivity contribution in [2.75, 3.05) is 20.3 Å². The first-order chi connectivity index (χ1) is 17.4. The van der Waals surface area contributed by atoms with Gasteiger partial charge in [-0.3, -0.25) is 9.59 Å². The van der Waals surface area contributed by atoms with E-state index in [-0.39, 0.29) is 35.1 Å². The van der Waals surface area contributed by atoms with E-state index < -0.39 is 5.82 Å². The van der Waals surface area contributed by atoms with Crippen molar-refractivity contribution in [2.45, 2.75) is 26.2 Å². The molecular formula is C28H25ClFNO5. The fourth-order valence-electron chi connectivity index (χ4n) is 3.79. The number of hydrogen-bond donors (Lipinski definition) is 0. The van der Waals surface area contributed by atoms with Gasteiger partial charge in [-0.2, -0.15) is 0 Å². The molecule has 3 aromatic rings. The van der Waals surface area contributed by atoms with Crippen molar-refractivity contribution >= 4 is 29.2 Å². The van der Waals surface area contributed by atoms with Crippen LogP contribution in [-0.2, 0) is 0 Å². The molecule has 6 nitrogen and oxygen atoms in total. The van der Waals surface area contributed by atoms with Crippen LogP contribution in [-0.4, -0.2) is 36.9 Å². The zero-order chi connectivity index (χ0) is 25.7. The van der Waals surface area contributed by atoms with Gasteiger partial charge in [-0.25, -0.2) is 9.37 Å². The van der Waals surface area contributed by atoms with Crippen molar-refractivity contribution in [3.05, 3.63) is 76.2 Å². The average molecular weight is 510 g/mol. The Morgan fingerprint density at radius 2 is 1.89 bits per heavy atom. The summed E-state index contributed by atoms with van der Waals surface area (Å²) >= 11 is 5.97. The van der Waals surface area contributed by atoms with Crippen LogP contribution in [0.5, 0.6) is 17.2 Å². The van der Waals surface area contributed by atoms with Crippen molar-refractivity contribution in [1.82, 2.24) is 4.98 Å². The molecular weight excluding hydrogens is 485 g/mol. The van der Waals surface area contributed by atoms with E-state index in [9.17, 15) is 14.0 Å². The molecule has 4 rings (SSSR count). The minimum atomic E-state index is -0.553. The van der Waals surface area contributed by atoms with Crippen molar-refractivity contribution in [1.29, 1.82) is 0 Å². The van der Waals surface area contributed by atoms with Gasteiger partial charge < -0.3 is 14.2 Å². The van der Waals surface area contributed by atoms with Crippen LogP contribution < -0.4 is 14.2 Å². The van der Waals surface area contributed by atoms with Gasteiger partial charge in [0, 0.05) is 29.5 Å². The third-order valence-corrected chi connectivity index (χ3v) is 5.92. The molecule has 0 fully saturated rings. The molecule has 0 amide bonds. The fraction of sp³-hybridized carbons (Fsp3) is 0.250. The van der Waals surface area contributed by atoms with Crippen LogP contribution >= 0.6 is 11.6 Å². The first-order valence-electron chi connectivity index (χ1n) is 11.6.